The Labute approximate surface area is 131 Å². The number of hydrogen-bond donors (Lipinski definition) is 1. The van der Waals surface area contributed by atoms with Gasteiger partial charge in [-0.2, -0.15) is 0 Å². The highest BCUT2D eigenvalue weighted by Crippen LogP contribution is 2.27. The van der Waals surface area contributed by atoms with Crippen molar-refractivity contribution < 1.29 is 0 Å². The minimum absolute atomic E-state index is 0.328. The summed E-state index contributed by atoms with van der Waals surface area (Å²) in [5, 5.41) is 0. The third-order valence-electron chi connectivity index (χ3n) is 4.10. The highest BCUT2D eigenvalue weighted by molar-refractivity contribution is 5.38. The topological polar surface area (TPSA) is 29.3 Å². The molecular weight excluding hydrogens is 256 g/mol. The highest BCUT2D eigenvalue weighted by Gasteiger charge is 2.22. The van der Waals surface area contributed by atoms with Crippen LogP contribution in [0.25, 0.3) is 0 Å². The van der Waals surface area contributed by atoms with Crippen LogP contribution in [0, 0.1) is 32.6 Å². The van der Waals surface area contributed by atoms with Crippen molar-refractivity contribution in [1.82, 2.24) is 4.90 Å². The van der Waals surface area contributed by atoms with Crippen molar-refractivity contribution >= 4 is 0 Å². The van der Waals surface area contributed by atoms with Gasteiger partial charge in [-0.25, -0.2) is 0 Å². The lowest BCUT2D eigenvalue weighted by Crippen LogP contribution is -2.39. The molecule has 0 spiro atoms. The number of nitrogens with zero attached hydrogens (tertiary/aromatic N) is 1. The zero-order chi connectivity index (χ0) is 16.2. The summed E-state index contributed by atoms with van der Waals surface area (Å²) in [5.74, 6) is 1.31. The fraction of sp³-hybridized carbons (Fsp3) is 0.684. The smallest absolute Gasteiger partial charge is 0.0473 e. The van der Waals surface area contributed by atoms with Crippen molar-refractivity contribution in [2.75, 3.05) is 19.6 Å². The van der Waals surface area contributed by atoms with Gasteiger partial charge in [0.05, 0.1) is 0 Å². The molecule has 0 saturated carbocycles. The molecule has 2 heteroatoms. The molecule has 0 amide bonds. The molecule has 1 atom stereocenters. The first-order valence-corrected chi connectivity index (χ1v) is 8.28. The van der Waals surface area contributed by atoms with Gasteiger partial charge in [0.15, 0.2) is 0 Å². The zero-order valence-electron chi connectivity index (χ0n) is 15.0. The molecule has 0 aromatic heterocycles. The predicted molar refractivity (Wildman–Crippen MR) is 93.7 cm³/mol. The van der Waals surface area contributed by atoms with Crippen LogP contribution in [0.3, 0.4) is 0 Å². The first-order chi connectivity index (χ1) is 9.76. The Morgan fingerprint density at radius 3 is 1.76 bits per heavy atom. The second kappa shape index (κ2) is 7.95. The van der Waals surface area contributed by atoms with E-state index in [4.69, 9.17) is 5.73 Å². The summed E-state index contributed by atoms with van der Waals surface area (Å²) in [6, 6.07) is 4.97. The van der Waals surface area contributed by atoms with E-state index >= 15 is 0 Å². The van der Waals surface area contributed by atoms with Crippen molar-refractivity contribution in [3.8, 4) is 0 Å². The molecule has 0 aliphatic rings. The Balaban J connectivity index is 3.15. The Morgan fingerprint density at radius 1 is 0.857 bits per heavy atom. The fourth-order valence-corrected chi connectivity index (χ4v) is 3.08. The van der Waals surface area contributed by atoms with Crippen LogP contribution in [0.1, 0.15) is 56.0 Å². The van der Waals surface area contributed by atoms with Crippen LogP contribution in [-0.2, 0) is 0 Å². The molecule has 0 aliphatic carbocycles. The van der Waals surface area contributed by atoms with Crippen LogP contribution in [0.5, 0.6) is 0 Å². The van der Waals surface area contributed by atoms with Gasteiger partial charge in [-0.3, -0.25) is 4.90 Å². The summed E-state index contributed by atoms with van der Waals surface area (Å²) in [5.41, 5.74) is 11.7. The van der Waals surface area contributed by atoms with Crippen LogP contribution < -0.4 is 5.73 Å². The summed E-state index contributed by atoms with van der Waals surface area (Å²) >= 11 is 0. The zero-order valence-corrected chi connectivity index (χ0v) is 15.0. The van der Waals surface area contributed by atoms with Crippen LogP contribution >= 0.6 is 0 Å². The molecule has 0 saturated heterocycles. The van der Waals surface area contributed by atoms with E-state index in [2.05, 4.69) is 65.5 Å². The Morgan fingerprint density at radius 2 is 1.33 bits per heavy atom. The average molecular weight is 290 g/mol. The monoisotopic (exact) mass is 290 g/mol. The molecule has 0 bridgehead atoms. The molecule has 120 valence electrons. The van der Waals surface area contributed by atoms with E-state index in [1.54, 1.807) is 0 Å². The van der Waals surface area contributed by atoms with Crippen molar-refractivity contribution in [1.29, 1.82) is 0 Å². The lowest BCUT2D eigenvalue weighted by molar-refractivity contribution is 0.159. The minimum Gasteiger partial charge on any atom is -0.329 e. The number of aryl methyl sites for hydroxylation is 3. The summed E-state index contributed by atoms with van der Waals surface area (Å²) in [6.45, 7) is 18.6. The Bertz CT molecular complexity index is 439. The van der Waals surface area contributed by atoms with Gasteiger partial charge in [0.25, 0.3) is 0 Å². The molecule has 1 rings (SSSR count). The predicted octanol–water partition coefficient (Wildman–Crippen LogP) is 4.23. The maximum atomic E-state index is 6.17. The van der Waals surface area contributed by atoms with Crippen molar-refractivity contribution in [3.05, 3.63) is 34.4 Å². The van der Waals surface area contributed by atoms with Gasteiger partial charge < -0.3 is 5.73 Å². The number of benzene rings is 1. The standard InChI is InChI=1S/C19H34N2/c1-13(2)11-21(12-14(3)4)19(10-20)18-9-16(6)15(5)8-17(18)7/h8-9,13-14,19H,10-12,20H2,1-7H3. The summed E-state index contributed by atoms with van der Waals surface area (Å²) in [7, 11) is 0. The molecule has 2 N–H and O–H groups in total. The van der Waals surface area contributed by atoms with E-state index in [1.165, 1.54) is 22.3 Å². The largest absolute Gasteiger partial charge is 0.329 e. The lowest BCUT2D eigenvalue weighted by atomic mass is 9.94. The Hall–Kier alpha value is -0.860. The minimum atomic E-state index is 0.328. The molecule has 0 radical (unpaired) electrons. The summed E-state index contributed by atoms with van der Waals surface area (Å²) in [4.78, 5) is 2.58. The van der Waals surface area contributed by atoms with Gasteiger partial charge in [0.1, 0.15) is 0 Å². The fourth-order valence-electron chi connectivity index (χ4n) is 3.08. The third kappa shape index (κ3) is 5.12. The molecule has 0 fully saturated rings. The van der Waals surface area contributed by atoms with Gasteiger partial charge in [-0.1, -0.05) is 39.8 Å². The maximum absolute atomic E-state index is 6.17. The van der Waals surface area contributed by atoms with Crippen LogP contribution in [0.2, 0.25) is 0 Å². The number of nitrogens with two attached hydrogens (primary N) is 1. The van der Waals surface area contributed by atoms with Gasteiger partial charge in [0, 0.05) is 25.7 Å². The molecule has 0 aliphatic heterocycles. The van der Waals surface area contributed by atoms with Crippen LogP contribution in [-0.4, -0.2) is 24.5 Å². The van der Waals surface area contributed by atoms with Crippen LogP contribution in [0.15, 0.2) is 12.1 Å². The SMILES string of the molecule is Cc1cc(C)c(C(CN)N(CC(C)C)CC(C)C)cc1C. The second-order valence-corrected chi connectivity index (χ2v) is 7.29. The number of hydrogen-bond acceptors (Lipinski definition) is 2. The van der Waals surface area contributed by atoms with Crippen molar-refractivity contribution in [2.24, 2.45) is 17.6 Å². The van der Waals surface area contributed by atoms with Crippen LogP contribution in [0.4, 0.5) is 0 Å². The van der Waals surface area contributed by atoms with Gasteiger partial charge in [-0.05, 0) is 54.9 Å². The Kier molecular flexibility index (Phi) is 6.89. The van der Waals surface area contributed by atoms with Gasteiger partial charge in [0.2, 0.25) is 0 Å². The van der Waals surface area contributed by atoms with E-state index < -0.39 is 0 Å². The summed E-state index contributed by atoms with van der Waals surface area (Å²) < 4.78 is 0. The molecule has 1 unspecified atom stereocenters. The van der Waals surface area contributed by atoms with Crippen molar-refractivity contribution in [3.63, 3.8) is 0 Å². The third-order valence-corrected chi connectivity index (χ3v) is 4.10. The normalized spacial score (nSPS) is 13.5. The lowest BCUT2D eigenvalue weighted by Gasteiger charge is -2.35. The molecule has 1 aromatic carbocycles. The highest BCUT2D eigenvalue weighted by atomic mass is 15.2. The summed E-state index contributed by atoms with van der Waals surface area (Å²) in [6.07, 6.45) is 0. The van der Waals surface area contributed by atoms with E-state index in [0.717, 1.165) is 13.1 Å². The van der Waals surface area contributed by atoms with E-state index in [1.807, 2.05) is 0 Å². The second-order valence-electron chi connectivity index (χ2n) is 7.29. The first-order valence-electron chi connectivity index (χ1n) is 8.28. The van der Waals surface area contributed by atoms with Gasteiger partial charge >= 0.3 is 0 Å². The van der Waals surface area contributed by atoms with E-state index in [0.29, 0.717) is 24.4 Å². The average Bonchev–Trinajstić information content (AvgIpc) is 2.34. The van der Waals surface area contributed by atoms with Gasteiger partial charge in [-0.15, -0.1) is 0 Å². The molecule has 2 nitrogen and oxygen atoms in total. The molecule has 0 heterocycles. The molecule has 1 aromatic rings. The maximum Gasteiger partial charge on any atom is 0.0473 e. The molecular formula is C19H34N2. The first kappa shape index (κ1) is 18.2. The van der Waals surface area contributed by atoms with E-state index in [9.17, 15) is 0 Å². The quantitative estimate of drug-likeness (QED) is 0.814. The van der Waals surface area contributed by atoms with E-state index in [-0.39, 0.29) is 0 Å². The number of rotatable bonds is 7. The van der Waals surface area contributed by atoms with Crippen molar-refractivity contribution in [2.45, 2.75) is 54.5 Å². The molecule has 21 heavy (non-hydrogen) atoms.